The first kappa shape index (κ1) is 17.8. The van der Waals surface area contributed by atoms with Crippen LogP contribution in [0.5, 0.6) is 0 Å². The van der Waals surface area contributed by atoms with Crippen molar-refractivity contribution >= 4 is 37.5 Å². The third-order valence-corrected chi connectivity index (χ3v) is 4.75. The Labute approximate surface area is 130 Å². The van der Waals surface area contributed by atoms with Gasteiger partial charge in [0.2, 0.25) is 15.9 Å². The lowest BCUT2D eigenvalue weighted by Gasteiger charge is -2.10. The molecule has 0 atom stereocenters. The number of anilines is 1. The van der Waals surface area contributed by atoms with Crippen molar-refractivity contribution in [2.24, 2.45) is 0 Å². The van der Waals surface area contributed by atoms with Crippen molar-refractivity contribution in [1.82, 2.24) is 10.0 Å². The first-order valence-electron chi connectivity index (χ1n) is 5.77. The molecule has 1 aromatic rings. The highest BCUT2D eigenvalue weighted by molar-refractivity contribution is 9.10. The standard InChI is InChI=1S/C11H15BrFN3O4S/c1-20-3-2-15-11(17)6-16-21(18,19)10-5-9(14)8(13)4-7(10)12/h4-5,16H,2-3,6,14H2,1H3,(H,15,17). The maximum absolute atomic E-state index is 13.2. The molecule has 118 valence electrons. The van der Waals surface area contributed by atoms with Crippen LogP contribution in [0.15, 0.2) is 21.5 Å². The van der Waals surface area contributed by atoms with Gasteiger partial charge in [-0.25, -0.2) is 17.5 Å². The van der Waals surface area contributed by atoms with Gasteiger partial charge >= 0.3 is 0 Å². The number of rotatable bonds is 7. The van der Waals surface area contributed by atoms with E-state index >= 15 is 0 Å². The minimum Gasteiger partial charge on any atom is -0.396 e. The minimum absolute atomic E-state index is 0.0153. The fourth-order valence-electron chi connectivity index (χ4n) is 1.34. The highest BCUT2D eigenvalue weighted by Crippen LogP contribution is 2.26. The van der Waals surface area contributed by atoms with E-state index in [-0.39, 0.29) is 21.6 Å². The number of nitrogens with one attached hydrogen (secondary N) is 2. The monoisotopic (exact) mass is 383 g/mol. The molecule has 0 aliphatic carbocycles. The lowest BCUT2D eigenvalue weighted by molar-refractivity contribution is -0.120. The van der Waals surface area contributed by atoms with Crippen LogP contribution in [0.3, 0.4) is 0 Å². The number of amides is 1. The average molecular weight is 384 g/mol. The maximum Gasteiger partial charge on any atom is 0.242 e. The van der Waals surface area contributed by atoms with Crippen LogP contribution in [0.1, 0.15) is 0 Å². The molecule has 0 saturated carbocycles. The molecule has 0 fully saturated rings. The number of nitrogens with two attached hydrogens (primary N) is 1. The molecule has 0 unspecified atom stereocenters. The smallest absolute Gasteiger partial charge is 0.242 e. The van der Waals surface area contributed by atoms with Crippen molar-refractivity contribution in [3.8, 4) is 0 Å². The average Bonchev–Trinajstić information content (AvgIpc) is 2.41. The van der Waals surface area contributed by atoms with Crippen LogP contribution in [0, 0.1) is 5.82 Å². The van der Waals surface area contributed by atoms with Gasteiger partial charge in [-0.3, -0.25) is 4.79 Å². The van der Waals surface area contributed by atoms with Crippen LogP contribution in [0.2, 0.25) is 0 Å². The molecule has 1 aromatic carbocycles. The predicted molar refractivity (Wildman–Crippen MR) is 78.6 cm³/mol. The van der Waals surface area contributed by atoms with E-state index in [0.29, 0.717) is 6.61 Å². The topological polar surface area (TPSA) is 111 Å². The number of halogens is 2. The second kappa shape index (κ2) is 7.69. The number of nitrogen functional groups attached to an aromatic ring is 1. The number of carbonyl (C=O) groups excluding carboxylic acids is 1. The van der Waals surface area contributed by atoms with E-state index < -0.39 is 28.3 Å². The summed E-state index contributed by atoms with van der Waals surface area (Å²) in [5, 5.41) is 2.46. The molecule has 7 nitrogen and oxygen atoms in total. The van der Waals surface area contributed by atoms with Gasteiger partial charge < -0.3 is 15.8 Å². The number of methoxy groups -OCH3 is 1. The Bertz CT molecular complexity index is 624. The van der Waals surface area contributed by atoms with Gasteiger partial charge in [0.25, 0.3) is 0 Å². The molecule has 0 bridgehead atoms. The molecule has 0 aliphatic heterocycles. The van der Waals surface area contributed by atoms with E-state index in [0.717, 1.165) is 12.1 Å². The van der Waals surface area contributed by atoms with Crippen LogP contribution >= 0.6 is 15.9 Å². The van der Waals surface area contributed by atoms with Crippen LogP contribution in [0.4, 0.5) is 10.1 Å². The van der Waals surface area contributed by atoms with Gasteiger partial charge in [0.05, 0.1) is 23.7 Å². The maximum atomic E-state index is 13.2. The van der Waals surface area contributed by atoms with Gasteiger partial charge in [-0.2, -0.15) is 0 Å². The normalized spacial score (nSPS) is 11.4. The summed E-state index contributed by atoms with van der Waals surface area (Å²) in [6, 6.07) is 1.92. The van der Waals surface area contributed by atoms with E-state index in [1.54, 1.807) is 0 Å². The molecule has 0 saturated heterocycles. The molecular formula is C11H15BrFN3O4S. The Hall–Kier alpha value is -1.23. The number of benzene rings is 1. The summed E-state index contributed by atoms with van der Waals surface area (Å²) in [4.78, 5) is 11.2. The highest BCUT2D eigenvalue weighted by Gasteiger charge is 2.20. The summed E-state index contributed by atoms with van der Waals surface area (Å²) in [5.74, 6) is -1.25. The van der Waals surface area contributed by atoms with Crippen molar-refractivity contribution in [2.45, 2.75) is 4.90 Å². The van der Waals surface area contributed by atoms with E-state index in [1.165, 1.54) is 7.11 Å². The number of carbonyl (C=O) groups is 1. The quantitative estimate of drug-likeness (QED) is 0.460. The number of hydrogen-bond donors (Lipinski definition) is 3. The van der Waals surface area contributed by atoms with Gasteiger partial charge in [-0.15, -0.1) is 0 Å². The number of ether oxygens (including phenoxy) is 1. The van der Waals surface area contributed by atoms with Crippen LogP contribution in [0.25, 0.3) is 0 Å². The summed E-state index contributed by atoms with van der Waals surface area (Å²) in [7, 11) is -2.51. The Kier molecular flexibility index (Phi) is 6.52. The zero-order valence-electron chi connectivity index (χ0n) is 11.2. The highest BCUT2D eigenvalue weighted by atomic mass is 79.9. The van der Waals surface area contributed by atoms with Crippen LogP contribution in [-0.4, -0.2) is 41.1 Å². The van der Waals surface area contributed by atoms with Crippen molar-refractivity contribution in [3.05, 3.63) is 22.4 Å². The first-order chi connectivity index (χ1) is 9.77. The third-order valence-electron chi connectivity index (χ3n) is 2.39. The van der Waals surface area contributed by atoms with E-state index in [9.17, 15) is 17.6 Å². The zero-order valence-corrected chi connectivity index (χ0v) is 13.6. The SMILES string of the molecule is COCCNC(=O)CNS(=O)(=O)c1cc(N)c(F)cc1Br. The molecule has 10 heteroatoms. The summed E-state index contributed by atoms with van der Waals surface area (Å²) >= 11 is 2.94. The fraction of sp³-hybridized carbons (Fsp3) is 0.364. The molecular weight excluding hydrogens is 369 g/mol. The van der Waals surface area contributed by atoms with Crippen molar-refractivity contribution in [3.63, 3.8) is 0 Å². The third kappa shape index (κ3) is 5.23. The van der Waals surface area contributed by atoms with E-state index in [2.05, 4.69) is 26.0 Å². The van der Waals surface area contributed by atoms with Crippen molar-refractivity contribution in [2.75, 3.05) is 32.5 Å². The minimum atomic E-state index is -3.99. The van der Waals surface area contributed by atoms with Gasteiger partial charge in [0, 0.05) is 18.1 Å². The van der Waals surface area contributed by atoms with Crippen molar-refractivity contribution < 1.29 is 22.3 Å². The van der Waals surface area contributed by atoms with Crippen LogP contribution in [-0.2, 0) is 19.6 Å². The molecule has 0 heterocycles. The molecule has 0 spiro atoms. The lowest BCUT2D eigenvalue weighted by Crippen LogP contribution is -2.38. The Balaban J connectivity index is 2.74. The summed E-state index contributed by atoms with van der Waals surface area (Å²) in [6.45, 7) is 0.137. The van der Waals surface area contributed by atoms with Gasteiger partial charge in [0.15, 0.2) is 0 Å². The lowest BCUT2D eigenvalue weighted by atomic mass is 10.3. The molecule has 1 amide bonds. The number of hydrogen-bond acceptors (Lipinski definition) is 5. The summed E-state index contributed by atoms with van der Waals surface area (Å²) < 4.78 is 44.1. The fourth-order valence-corrected chi connectivity index (χ4v) is 3.37. The van der Waals surface area contributed by atoms with Gasteiger partial charge in [0.1, 0.15) is 5.82 Å². The molecule has 21 heavy (non-hydrogen) atoms. The predicted octanol–water partition coefficient (Wildman–Crippen LogP) is 0.211. The first-order valence-corrected chi connectivity index (χ1v) is 8.05. The van der Waals surface area contributed by atoms with Gasteiger partial charge in [-0.1, -0.05) is 0 Å². The molecule has 0 radical (unpaired) electrons. The Morgan fingerprint density at radius 2 is 2.14 bits per heavy atom. The van der Waals surface area contributed by atoms with E-state index in [4.69, 9.17) is 10.5 Å². The van der Waals surface area contributed by atoms with Crippen molar-refractivity contribution in [1.29, 1.82) is 0 Å². The summed E-state index contributed by atoms with van der Waals surface area (Å²) in [5.41, 5.74) is 5.04. The van der Waals surface area contributed by atoms with E-state index in [1.807, 2.05) is 0 Å². The Morgan fingerprint density at radius 3 is 2.76 bits per heavy atom. The second-order valence-electron chi connectivity index (χ2n) is 3.97. The molecule has 0 aromatic heterocycles. The van der Waals surface area contributed by atoms with Gasteiger partial charge in [-0.05, 0) is 28.1 Å². The summed E-state index contributed by atoms with van der Waals surface area (Å²) in [6.07, 6.45) is 0. The zero-order chi connectivity index (χ0) is 16.0. The Morgan fingerprint density at radius 1 is 1.48 bits per heavy atom. The molecule has 4 N–H and O–H groups in total. The molecule has 0 aliphatic rings. The second-order valence-corrected chi connectivity index (χ2v) is 6.56. The number of sulfonamides is 1. The largest absolute Gasteiger partial charge is 0.396 e. The molecule has 1 rings (SSSR count). The van der Waals surface area contributed by atoms with Crippen LogP contribution < -0.4 is 15.8 Å².